The number of thiophene rings is 1. The van der Waals surface area contributed by atoms with Crippen LogP contribution < -0.4 is 16.2 Å². The molecular formula is C15H15BrClN3O2S. The van der Waals surface area contributed by atoms with Crippen LogP contribution in [0, 0.1) is 0 Å². The van der Waals surface area contributed by atoms with E-state index in [0.717, 1.165) is 9.35 Å². The third-order valence-electron chi connectivity index (χ3n) is 3.05. The minimum absolute atomic E-state index is 0.193. The zero-order valence-corrected chi connectivity index (χ0v) is 15.4. The molecule has 1 heterocycles. The van der Waals surface area contributed by atoms with Gasteiger partial charge in [0.15, 0.2) is 0 Å². The van der Waals surface area contributed by atoms with Gasteiger partial charge in [-0.25, -0.2) is 10.2 Å². The molecule has 1 atom stereocenters. The summed E-state index contributed by atoms with van der Waals surface area (Å²) in [6, 6.07) is 10.1. The highest BCUT2D eigenvalue weighted by molar-refractivity contribution is 9.11. The summed E-state index contributed by atoms with van der Waals surface area (Å²) < 4.78 is 0.846. The molecule has 122 valence electrons. The molecular weight excluding hydrogens is 402 g/mol. The predicted octanol–water partition coefficient (Wildman–Crippen LogP) is 4.26. The molecule has 1 aromatic heterocycles. The summed E-state index contributed by atoms with van der Waals surface area (Å²) >= 11 is 10.5. The van der Waals surface area contributed by atoms with Gasteiger partial charge in [-0.2, -0.15) is 0 Å². The van der Waals surface area contributed by atoms with E-state index < -0.39 is 6.03 Å². The summed E-state index contributed by atoms with van der Waals surface area (Å²) in [6.45, 7) is 1.95. The number of hydrogen-bond acceptors (Lipinski definition) is 3. The van der Waals surface area contributed by atoms with Crippen molar-refractivity contribution in [2.75, 3.05) is 0 Å². The number of hydrazine groups is 1. The van der Waals surface area contributed by atoms with E-state index in [1.807, 2.05) is 19.1 Å². The number of urea groups is 1. The van der Waals surface area contributed by atoms with Crippen molar-refractivity contribution in [3.05, 3.63) is 55.6 Å². The molecule has 0 saturated carbocycles. The molecule has 3 N–H and O–H groups in total. The number of nitrogens with one attached hydrogen (secondary N) is 3. The highest BCUT2D eigenvalue weighted by Crippen LogP contribution is 2.22. The average molecular weight is 417 g/mol. The van der Waals surface area contributed by atoms with Crippen molar-refractivity contribution in [2.24, 2.45) is 0 Å². The molecule has 0 saturated heterocycles. The Kier molecular flexibility index (Phi) is 6.44. The van der Waals surface area contributed by atoms with Crippen LogP contribution in [0.4, 0.5) is 4.79 Å². The zero-order valence-electron chi connectivity index (χ0n) is 12.2. The predicted molar refractivity (Wildman–Crippen MR) is 95.6 cm³/mol. The maximum absolute atomic E-state index is 11.9. The quantitative estimate of drug-likeness (QED) is 0.652. The van der Waals surface area contributed by atoms with E-state index in [4.69, 9.17) is 11.6 Å². The normalized spacial score (nSPS) is 11.6. The number of halogens is 2. The SMILES string of the molecule is CCC(NC(=O)NNC(=O)c1ccc(Br)s1)c1cccc(Cl)c1. The van der Waals surface area contributed by atoms with Gasteiger partial charge in [0.25, 0.3) is 5.91 Å². The molecule has 2 rings (SSSR count). The molecule has 0 radical (unpaired) electrons. The third-order valence-corrected chi connectivity index (χ3v) is 4.91. The summed E-state index contributed by atoms with van der Waals surface area (Å²) in [4.78, 5) is 24.3. The Balaban J connectivity index is 1.89. The molecule has 1 unspecified atom stereocenters. The Bertz CT molecular complexity index is 708. The van der Waals surface area contributed by atoms with Gasteiger partial charge in [-0.3, -0.25) is 10.2 Å². The number of amides is 3. The van der Waals surface area contributed by atoms with Crippen molar-refractivity contribution in [3.63, 3.8) is 0 Å². The van der Waals surface area contributed by atoms with Crippen LogP contribution >= 0.6 is 38.9 Å². The Morgan fingerprint density at radius 3 is 2.65 bits per heavy atom. The second-order valence-electron chi connectivity index (χ2n) is 4.67. The molecule has 0 bridgehead atoms. The van der Waals surface area contributed by atoms with Crippen molar-refractivity contribution >= 4 is 50.8 Å². The van der Waals surface area contributed by atoms with E-state index in [2.05, 4.69) is 32.1 Å². The smallest absolute Gasteiger partial charge is 0.330 e. The average Bonchev–Trinajstić information content (AvgIpc) is 2.97. The molecule has 0 aliphatic carbocycles. The van der Waals surface area contributed by atoms with Crippen LogP contribution in [0.25, 0.3) is 0 Å². The van der Waals surface area contributed by atoms with Gasteiger partial charge in [0.1, 0.15) is 0 Å². The number of hydrogen-bond donors (Lipinski definition) is 3. The van der Waals surface area contributed by atoms with Crippen LogP contribution in [-0.2, 0) is 0 Å². The zero-order chi connectivity index (χ0) is 16.8. The number of carbonyl (C=O) groups excluding carboxylic acids is 2. The van der Waals surface area contributed by atoms with Crippen LogP contribution in [0.5, 0.6) is 0 Å². The molecule has 5 nitrogen and oxygen atoms in total. The number of carbonyl (C=O) groups is 2. The van der Waals surface area contributed by atoms with Crippen molar-refractivity contribution in [1.29, 1.82) is 0 Å². The lowest BCUT2D eigenvalue weighted by Gasteiger charge is -2.18. The van der Waals surface area contributed by atoms with Crippen molar-refractivity contribution in [2.45, 2.75) is 19.4 Å². The summed E-state index contributed by atoms with van der Waals surface area (Å²) in [5.41, 5.74) is 5.62. The summed E-state index contributed by atoms with van der Waals surface area (Å²) in [5, 5.41) is 3.40. The lowest BCUT2D eigenvalue weighted by atomic mass is 10.1. The highest BCUT2D eigenvalue weighted by atomic mass is 79.9. The van der Waals surface area contributed by atoms with E-state index >= 15 is 0 Å². The molecule has 23 heavy (non-hydrogen) atoms. The summed E-state index contributed by atoms with van der Waals surface area (Å²) in [7, 11) is 0. The number of rotatable bonds is 4. The minimum Gasteiger partial charge on any atom is -0.330 e. The van der Waals surface area contributed by atoms with Crippen LogP contribution in [0.3, 0.4) is 0 Å². The van der Waals surface area contributed by atoms with Crippen molar-refractivity contribution < 1.29 is 9.59 Å². The maximum Gasteiger partial charge on any atom is 0.333 e. The molecule has 0 aliphatic rings. The summed E-state index contributed by atoms with van der Waals surface area (Å²) in [5.74, 6) is -0.369. The van der Waals surface area contributed by atoms with E-state index in [-0.39, 0.29) is 11.9 Å². The van der Waals surface area contributed by atoms with Crippen molar-refractivity contribution in [1.82, 2.24) is 16.2 Å². The maximum atomic E-state index is 11.9. The minimum atomic E-state index is -0.485. The second kappa shape index (κ2) is 8.33. The van der Waals surface area contributed by atoms with Gasteiger partial charge in [-0.05, 0) is 52.2 Å². The topological polar surface area (TPSA) is 70.2 Å². The number of benzene rings is 1. The molecule has 0 aliphatic heterocycles. The molecule has 1 aromatic carbocycles. The van der Waals surface area contributed by atoms with E-state index in [0.29, 0.717) is 16.3 Å². The van der Waals surface area contributed by atoms with Gasteiger partial charge < -0.3 is 5.32 Å². The molecule has 8 heteroatoms. The first-order valence-electron chi connectivity index (χ1n) is 6.87. The fraction of sp³-hybridized carbons (Fsp3) is 0.200. The van der Waals surface area contributed by atoms with Crippen LogP contribution in [0.2, 0.25) is 5.02 Å². The lowest BCUT2D eigenvalue weighted by Crippen LogP contribution is -2.47. The van der Waals surface area contributed by atoms with Gasteiger partial charge in [-0.1, -0.05) is 30.7 Å². The van der Waals surface area contributed by atoms with Gasteiger partial charge >= 0.3 is 6.03 Å². The van der Waals surface area contributed by atoms with Crippen molar-refractivity contribution in [3.8, 4) is 0 Å². The fourth-order valence-electron chi connectivity index (χ4n) is 1.95. The van der Waals surface area contributed by atoms with Crippen LogP contribution in [0.1, 0.15) is 34.6 Å². The first-order chi connectivity index (χ1) is 11.0. The first-order valence-corrected chi connectivity index (χ1v) is 8.86. The molecule has 0 fully saturated rings. The van der Waals surface area contributed by atoms with Crippen LogP contribution in [-0.4, -0.2) is 11.9 Å². The Morgan fingerprint density at radius 2 is 2.04 bits per heavy atom. The van der Waals surface area contributed by atoms with E-state index in [9.17, 15) is 9.59 Å². The highest BCUT2D eigenvalue weighted by Gasteiger charge is 2.14. The second-order valence-corrected chi connectivity index (χ2v) is 7.57. The molecule has 2 aromatic rings. The molecule has 3 amide bonds. The van der Waals surface area contributed by atoms with Gasteiger partial charge in [-0.15, -0.1) is 11.3 Å². The first kappa shape index (κ1) is 17.8. The van der Waals surface area contributed by atoms with Crippen LogP contribution in [0.15, 0.2) is 40.2 Å². The van der Waals surface area contributed by atoms with Gasteiger partial charge in [0.05, 0.1) is 14.7 Å². The largest absolute Gasteiger partial charge is 0.333 e. The standard InChI is InChI=1S/C15H15BrClN3O2S/c1-2-11(9-4-3-5-10(17)8-9)18-15(22)20-19-14(21)12-6-7-13(16)23-12/h3-8,11H,2H2,1H3,(H,19,21)(H2,18,20,22). The van der Waals surface area contributed by atoms with Gasteiger partial charge in [0, 0.05) is 5.02 Å². The summed E-state index contributed by atoms with van der Waals surface area (Å²) in [6.07, 6.45) is 0.694. The lowest BCUT2D eigenvalue weighted by molar-refractivity contribution is 0.0940. The van der Waals surface area contributed by atoms with E-state index in [1.165, 1.54) is 11.3 Å². The van der Waals surface area contributed by atoms with Gasteiger partial charge in [0.2, 0.25) is 0 Å². The Labute approximate surface area is 151 Å². The molecule has 0 spiro atoms. The van der Waals surface area contributed by atoms with E-state index in [1.54, 1.807) is 24.3 Å². The third kappa shape index (κ3) is 5.23. The Hall–Kier alpha value is -1.57. The Morgan fingerprint density at radius 1 is 1.26 bits per heavy atom. The fourth-order valence-corrected chi connectivity index (χ4v) is 3.43. The monoisotopic (exact) mass is 415 g/mol.